The number of carbonyl (C=O) groups is 2. The molecule has 0 saturated carbocycles. The fourth-order valence-corrected chi connectivity index (χ4v) is 2.45. The Bertz CT molecular complexity index is 683. The van der Waals surface area contributed by atoms with Gasteiger partial charge in [-0.15, -0.1) is 0 Å². The maximum Gasteiger partial charge on any atom is 0.226 e. The summed E-state index contributed by atoms with van der Waals surface area (Å²) >= 11 is 3.44. The molecule has 0 unspecified atom stereocenters. The highest BCUT2D eigenvalue weighted by molar-refractivity contribution is 9.10. The summed E-state index contributed by atoms with van der Waals surface area (Å²) in [7, 11) is 0. The summed E-state index contributed by atoms with van der Waals surface area (Å²) < 4.78 is 6.18. The van der Waals surface area contributed by atoms with Crippen LogP contribution in [0.1, 0.15) is 24.7 Å². The van der Waals surface area contributed by atoms with Crippen molar-refractivity contribution < 1.29 is 14.0 Å². The number of rotatable bonds is 6. The van der Waals surface area contributed by atoms with Crippen molar-refractivity contribution in [1.29, 1.82) is 0 Å². The molecule has 0 atom stereocenters. The van der Waals surface area contributed by atoms with Gasteiger partial charge in [0.15, 0.2) is 0 Å². The Hall–Kier alpha value is -2.08. The summed E-state index contributed by atoms with van der Waals surface area (Å²) in [5, 5.41) is 2.83. The van der Waals surface area contributed by atoms with Crippen LogP contribution in [-0.4, -0.2) is 23.3 Å². The first-order valence-electron chi connectivity index (χ1n) is 7.29. The number of benzene rings is 1. The summed E-state index contributed by atoms with van der Waals surface area (Å²) in [6.45, 7) is 4.17. The molecule has 0 bridgehead atoms. The third-order valence-corrected chi connectivity index (χ3v) is 4.29. The Kier molecular flexibility index (Phi) is 5.98. The van der Waals surface area contributed by atoms with Gasteiger partial charge in [-0.2, -0.15) is 0 Å². The molecule has 1 aromatic carbocycles. The molecule has 6 heteroatoms. The molecular weight excluding hydrogens is 360 g/mol. The largest absolute Gasteiger partial charge is 0.467 e. The fraction of sp³-hybridized carbons (Fsp3) is 0.294. The molecule has 0 fully saturated rings. The van der Waals surface area contributed by atoms with Crippen LogP contribution in [0.15, 0.2) is 45.5 Å². The highest BCUT2D eigenvalue weighted by Crippen LogP contribution is 2.20. The summed E-state index contributed by atoms with van der Waals surface area (Å²) in [4.78, 5) is 25.3. The van der Waals surface area contributed by atoms with Gasteiger partial charge in [0, 0.05) is 30.0 Å². The zero-order chi connectivity index (χ0) is 16.8. The summed E-state index contributed by atoms with van der Waals surface area (Å²) in [5.74, 6) is 0.474. The van der Waals surface area contributed by atoms with Gasteiger partial charge in [0.05, 0.1) is 12.8 Å². The number of carbonyl (C=O) groups excluding carboxylic acids is 2. The van der Waals surface area contributed by atoms with E-state index in [4.69, 9.17) is 4.42 Å². The van der Waals surface area contributed by atoms with E-state index in [1.165, 1.54) is 6.92 Å². The molecule has 0 spiro atoms. The van der Waals surface area contributed by atoms with Gasteiger partial charge in [0.1, 0.15) is 5.76 Å². The number of amides is 2. The molecule has 0 aliphatic heterocycles. The second-order valence-corrected chi connectivity index (χ2v) is 6.14. The van der Waals surface area contributed by atoms with E-state index in [1.807, 2.05) is 25.1 Å². The number of hydrogen-bond acceptors (Lipinski definition) is 3. The molecule has 0 aliphatic carbocycles. The predicted octanol–water partition coefficient (Wildman–Crippen LogP) is 3.73. The molecular formula is C17H19BrN2O3. The monoisotopic (exact) mass is 378 g/mol. The Morgan fingerprint density at radius 1 is 1.30 bits per heavy atom. The molecule has 0 saturated heterocycles. The van der Waals surface area contributed by atoms with Crippen LogP contribution in [-0.2, 0) is 16.1 Å². The van der Waals surface area contributed by atoms with Crippen molar-refractivity contribution in [2.45, 2.75) is 26.8 Å². The van der Waals surface area contributed by atoms with Crippen LogP contribution in [0.4, 0.5) is 5.69 Å². The minimum atomic E-state index is -0.133. The lowest BCUT2D eigenvalue weighted by atomic mass is 10.2. The molecule has 1 heterocycles. The molecule has 0 radical (unpaired) electrons. The first-order valence-corrected chi connectivity index (χ1v) is 8.09. The van der Waals surface area contributed by atoms with Crippen LogP contribution in [0.25, 0.3) is 0 Å². The van der Waals surface area contributed by atoms with Gasteiger partial charge < -0.3 is 14.6 Å². The van der Waals surface area contributed by atoms with E-state index in [9.17, 15) is 9.59 Å². The number of aryl methyl sites for hydroxylation is 1. The van der Waals surface area contributed by atoms with E-state index in [2.05, 4.69) is 21.2 Å². The minimum Gasteiger partial charge on any atom is -0.467 e. The lowest BCUT2D eigenvalue weighted by molar-refractivity contribution is -0.130. The SMILES string of the molecule is CC(=O)N(CCC(=O)Nc1ccc(C)c(Br)c1)Cc1ccco1. The van der Waals surface area contributed by atoms with Gasteiger partial charge in [-0.1, -0.05) is 22.0 Å². The molecule has 23 heavy (non-hydrogen) atoms. The number of halogens is 1. The average Bonchev–Trinajstić information content (AvgIpc) is 3.00. The molecule has 0 aliphatic rings. The number of nitrogens with one attached hydrogen (secondary N) is 1. The van der Waals surface area contributed by atoms with Crippen LogP contribution < -0.4 is 5.32 Å². The molecule has 1 N–H and O–H groups in total. The number of nitrogens with zero attached hydrogens (tertiary/aromatic N) is 1. The number of hydrogen-bond donors (Lipinski definition) is 1. The van der Waals surface area contributed by atoms with Crippen molar-refractivity contribution in [2.24, 2.45) is 0 Å². The number of furan rings is 1. The van der Waals surface area contributed by atoms with Crippen LogP contribution in [0.3, 0.4) is 0 Å². The van der Waals surface area contributed by atoms with Crippen molar-refractivity contribution >= 4 is 33.4 Å². The van der Waals surface area contributed by atoms with Gasteiger partial charge in [0.2, 0.25) is 11.8 Å². The van der Waals surface area contributed by atoms with Crippen LogP contribution in [0.5, 0.6) is 0 Å². The summed E-state index contributed by atoms with van der Waals surface area (Å²) in [5.41, 5.74) is 1.83. The Morgan fingerprint density at radius 2 is 2.09 bits per heavy atom. The van der Waals surface area contributed by atoms with Crippen LogP contribution >= 0.6 is 15.9 Å². The zero-order valence-corrected chi connectivity index (χ0v) is 14.7. The normalized spacial score (nSPS) is 10.4. The van der Waals surface area contributed by atoms with E-state index in [0.717, 1.165) is 15.7 Å². The van der Waals surface area contributed by atoms with Crippen molar-refractivity contribution in [3.63, 3.8) is 0 Å². The Labute approximate surface area is 143 Å². The smallest absolute Gasteiger partial charge is 0.226 e. The van der Waals surface area contributed by atoms with Gasteiger partial charge in [-0.3, -0.25) is 9.59 Å². The van der Waals surface area contributed by atoms with E-state index in [-0.39, 0.29) is 18.2 Å². The van der Waals surface area contributed by atoms with Gasteiger partial charge in [-0.05, 0) is 36.8 Å². The Balaban J connectivity index is 1.88. The molecule has 1 aromatic heterocycles. The topological polar surface area (TPSA) is 62.6 Å². The molecule has 5 nitrogen and oxygen atoms in total. The van der Waals surface area contributed by atoms with E-state index < -0.39 is 0 Å². The van der Waals surface area contributed by atoms with E-state index in [1.54, 1.807) is 23.3 Å². The first-order chi connectivity index (χ1) is 11.0. The van der Waals surface area contributed by atoms with Crippen molar-refractivity contribution in [3.05, 3.63) is 52.4 Å². The lowest BCUT2D eigenvalue weighted by Gasteiger charge is -2.19. The molecule has 122 valence electrons. The zero-order valence-electron chi connectivity index (χ0n) is 13.1. The highest BCUT2D eigenvalue weighted by atomic mass is 79.9. The lowest BCUT2D eigenvalue weighted by Crippen LogP contribution is -2.31. The van der Waals surface area contributed by atoms with E-state index in [0.29, 0.717) is 18.8 Å². The minimum absolute atomic E-state index is 0.0905. The van der Waals surface area contributed by atoms with Gasteiger partial charge >= 0.3 is 0 Å². The average molecular weight is 379 g/mol. The second-order valence-electron chi connectivity index (χ2n) is 5.28. The summed E-state index contributed by atoms with van der Waals surface area (Å²) in [6.07, 6.45) is 1.79. The van der Waals surface area contributed by atoms with Crippen molar-refractivity contribution in [1.82, 2.24) is 4.90 Å². The highest BCUT2D eigenvalue weighted by Gasteiger charge is 2.13. The van der Waals surface area contributed by atoms with Gasteiger partial charge in [0.25, 0.3) is 0 Å². The van der Waals surface area contributed by atoms with Gasteiger partial charge in [-0.25, -0.2) is 0 Å². The quantitative estimate of drug-likeness (QED) is 0.832. The van der Waals surface area contributed by atoms with Crippen LogP contribution in [0.2, 0.25) is 0 Å². The predicted molar refractivity (Wildman–Crippen MR) is 91.9 cm³/mol. The standard InChI is InChI=1S/C17H19BrN2O3/c1-12-5-6-14(10-16(12)18)19-17(22)7-8-20(13(2)21)11-15-4-3-9-23-15/h3-6,9-10H,7-8,11H2,1-2H3,(H,19,22). The third kappa shape index (κ3) is 5.25. The third-order valence-electron chi connectivity index (χ3n) is 3.44. The Morgan fingerprint density at radius 3 is 2.70 bits per heavy atom. The summed E-state index contributed by atoms with van der Waals surface area (Å²) in [6, 6.07) is 9.22. The maximum atomic E-state index is 12.1. The number of anilines is 1. The van der Waals surface area contributed by atoms with Crippen LogP contribution in [0, 0.1) is 6.92 Å². The molecule has 2 aromatic rings. The van der Waals surface area contributed by atoms with Crippen molar-refractivity contribution in [3.8, 4) is 0 Å². The first kappa shape index (κ1) is 17.3. The second kappa shape index (κ2) is 7.97. The molecule has 2 rings (SSSR count). The van der Waals surface area contributed by atoms with Crippen molar-refractivity contribution in [2.75, 3.05) is 11.9 Å². The fourth-order valence-electron chi connectivity index (χ4n) is 2.07. The maximum absolute atomic E-state index is 12.1. The van der Waals surface area contributed by atoms with E-state index >= 15 is 0 Å². The molecule has 2 amide bonds.